The van der Waals surface area contributed by atoms with E-state index in [0.717, 1.165) is 0 Å². The van der Waals surface area contributed by atoms with Gasteiger partial charge in [-0.05, 0) is 38.5 Å². The van der Waals surface area contributed by atoms with E-state index in [4.69, 9.17) is 9.15 Å². The Labute approximate surface area is 121 Å². The summed E-state index contributed by atoms with van der Waals surface area (Å²) in [6, 6.07) is 3.00. The molecule has 6 nitrogen and oxygen atoms in total. The van der Waals surface area contributed by atoms with Crippen LogP contribution in [-0.2, 0) is 4.74 Å². The van der Waals surface area contributed by atoms with Gasteiger partial charge in [-0.25, -0.2) is 4.79 Å². The molecule has 2 rings (SSSR count). The van der Waals surface area contributed by atoms with Crippen molar-refractivity contribution in [3.05, 3.63) is 46.7 Å². The number of aryl methyl sites for hydroxylation is 1. The van der Waals surface area contributed by atoms with Crippen LogP contribution in [-0.4, -0.2) is 29.1 Å². The standard InChI is InChI=1S/C15H15NO5/c1-8-13(10(3)17)9(2)16-14(8)11(18)7-21-15(19)12-5-4-6-20-12/h4-6,16H,7H2,1-3H3. The minimum atomic E-state index is -0.707. The number of aromatic amines is 1. The molecule has 0 aliphatic carbocycles. The predicted octanol–water partition coefficient (Wildman–Crippen LogP) is 2.47. The van der Waals surface area contributed by atoms with Crippen molar-refractivity contribution in [1.82, 2.24) is 4.98 Å². The lowest BCUT2D eigenvalue weighted by Gasteiger charge is -2.02. The van der Waals surface area contributed by atoms with E-state index in [-0.39, 0.29) is 17.2 Å². The molecule has 2 aromatic heterocycles. The van der Waals surface area contributed by atoms with Crippen LogP contribution >= 0.6 is 0 Å². The minimum absolute atomic E-state index is 0.0339. The number of hydrogen-bond acceptors (Lipinski definition) is 5. The van der Waals surface area contributed by atoms with Gasteiger partial charge in [-0.3, -0.25) is 9.59 Å². The Morgan fingerprint density at radius 1 is 1.29 bits per heavy atom. The molecule has 0 aliphatic rings. The Bertz CT molecular complexity index is 694. The summed E-state index contributed by atoms with van der Waals surface area (Å²) < 4.78 is 9.75. The number of carbonyl (C=O) groups is 3. The van der Waals surface area contributed by atoms with Gasteiger partial charge in [0, 0.05) is 11.3 Å². The molecule has 0 unspecified atom stereocenters. The van der Waals surface area contributed by atoms with Gasteiger partial charge in [-0.2, -0.15) is 0 Å². The molecule has 6 heteroatoms. The van der Waals surface area contributed by atoms with Crippen molar-refractivity contribution in [3.63, 3.8) is 0 Å². The number of aromatic nitrogens is 1. The quantitative estimate of drug-likeness (QED) is 0.674. The summed E-state index contributed by atoms with van der Waals surface area (Å²) in [5.41, 5.74) is 1.97. The van der Waals surface area contributed by atoms with Crippen LogP contribution in [0, 0.1) is 13.8 Å². The van der Waals surface area contributed by atoms with Crippen LogP contribution in [0.2, 0.25) is 0 Å². The molecule has 21 heavy (non-hydrogen) atoms. The van der Waals surface area contributed by atoms with Crippen molar-refractivity contribution in [3.8, 4) is 0 Å². The van der Waals surface area contributed by atoms with Gasteiger partial charge >= 0.3 is 5.97 Å². The van der Waals surface area contributed by atoms with Gasteiger partial charge in [0.25, 0.3) is 0 Å². The Morgan fingerprint density at radius 3 is 2.52 bits per heavy atom. The molecule has 0 aromatic carbocycles. The molecule has 0 saturated carbocycles. The molecule has 1 N–H and O–H groups in total. The molecule has 0 spiro atoms. The summed E-state index contributed by atoms with van der Waals surface area (Å²) >= 11 is 0. The molecule has 0 radical (unpaired) electrons. The fourth-order valence-corrected chi connectivity index (χ4v) is 2.23. The number of nitrogens with one attached hydrogen (secondary N) is 1. The Kier molecular flexibility index (Phi) is 4.07. The van der Waals surface area contributed by atoms with Gasteiger partial charge in [0.15, 0.2) is 12.4 Å². The number of carbonyl (C=O) groups excluding carboxylic acids is 3. The average molecular weight is 289 g/mol. The van der Waals surface area contributed by atoms with E-state index in [9.17, 15) is 14.4 Å². The number of ether oxygens (including phenoxy) is 1. The van der Waals surface area contributed by atoms with Crippen molar-refractivity contribution in [2.75, 3.05) is 6.61 Å². The smallest absolute Gasteiger partial charge is 0.374 e. The zero-order valence-electron chi connectivity index (χ0n) is 12.0. The second kappa shape index (κ2) is 5.78. The summed E-state index contributed by atoms with van der Waals surface area (Å²) in [4.78, 5) is 38.0. The third kappa shape index (κ3) is 2.94. The van der Waals surface area contributed by atoms with Gasteiger partial charge in [0.05, 0.1) is 12.0 Å². The Hall–Kier alpha value is -2.63. The van der Waals surface area contributed by atoms with Gasteiger partial charge in [0.2, 0.25) is 11.5 Å². The monoisotopic (exact) mass is 289 g/mol. The molecule has 0 aliphatic heterocycles. The van der Waals surface area contributed by atoms with Crippen molar-refractivity contribution in [1.29, 1.82) is 0 Å². The highest BCUT2D eigenvalue weighted by molar-refractivity contribution is 6.04. The molecule has 0 amide bonds. The van der Waals surface area contributed by atoms with Crippen LogP contribution in [0.5, 0.6) is 0 Å². The Morgan fingerprint density at radius 2 is 2.00 bits per heavy atom. The third-order valence-corrected chi connectivity index (χ3v) is 3.13. The number of hydrogen-bond donors (Lipinski definition) is 1. The van der Waals surface area contributed by atoms with Crippen molar-refractivity contribution >= 4 is 17.5 Å². The van der Waals surface area contributed by atoms with Crippen LogP contribution in [0.3, 0.4) is 0 Å². The lowest BCUT2D eigenvalue weighted by Crippen LogP contribution is -2.15. The van der Waals surface area contributed by atoms with E-state index >= 15 is 0 Å². The highest BCUT2D eigenvalue weighted by atomic mass is 16.5. The molecule has 0 fully saturated rings. The summed E-state index contributed by atoms with van der Waals surface area (Å²) in [5.74, 6) is -1.19. The summed E-state index contributed by atoms with van der Waals surface area (Å²) in [5, 5.41) is 0. The summed E-state index contributed by atoms with van der Waals surface area (Å²) in [7, 11) is 0. The number of furan rings is 1. The van der Waals surface area contributed by atoms with E-state index in [2.05, 4.69) is 4.98 Å². The van der Waals surface area contributed by atoms with Crippen LogP contribution in [0.4, 0.5) is 0 Å². The fraction of sp³-hybridized carbons (Fsp3) is 0.267. The first-order valence-electron chi connectivity index (χ1n) is 6.35. The van der Waals surface area contributed by atoms with E-state index in [1.54, 1.807) is 19.9 Å². The molecular weight excluding hydrogens is 274 g/mol. The molecule has 2 aromatic rings. The van der Waals surface area contributed by atoms with E-state index in [0.29, 0.717) is 16.8 Å². The maximum atomic E-state index is 12.1. The van der Waals surface area contributed by atoms with Crippen molar-refractivity contribution in [2.24, 2.45) is 0 Å². The fourth-order valence-electron chi connectivity index (χ4n) is 2.23. The van der Waals surface area contributed by atoms with E-state index < -0.39 is 18.4 Å². The van der Waals surface area contributed by atoms with E-state index in [1.807, 2.05) is 0 Å². The molecule has 0 bridgehead atoms. The number of H-pyrrole nitrogens is 1. The maximum absolute atomic E-state index is 12.1. The first-order valence-corrected chi connectivity index (χ1v) is 6.35. The summed E-state index contributed by atoms with van der Waals surface area (Å²) in [6.45, 7) is 4.42. The first kappa shape index (κ1) is 14.8. The number of esters is 1. The highest BCUT2D eigenvalue weighted by Crippen LogP contribution is 2.19. The van der Waals surface area contributed by atoms with Crippen LogP contribution in [0.1, 0.15) is 49.6 Å². The number of ketones is 2. The number of Topliss-reactive ketones (excluding diaryl/α,β-unsaturated/α-hetero) is 2. The van der Waals surface area contributed by atoms with Crippen LogP contribution in [0.15, 0.2) is 22.8 Å². The van der Waals surface area contributed by atoms with Crippen LogP contribution < -0.4 is 0 Å². The van der Waals surface area contributed by atoms with Crippen molar-refractivity contribution < 1.29 is 23.5 Å². The highest BCUT2D eigenvalue weighted by Gasteiger charge is 2.21. The largest absolute Gasteiger partial charge is 0.457 e. The van der Waals surface area contributed by atoms with Gasteiger partial charge in [-0.15, -0.1) is 0 Å². The molecule has 110 valence electrons. The molecule has 0 saturated heterocycles. The average Bonchev–Trinajstić information content (AvgIpc) is 3.03. The van der Waals surface area contributed by atoms with Gasteiger partial charge in [0.1, 0.15) is 0 Å². The van der Waals surface area contributed by atoms with Gasteiger partial charge < -0.3 is 14.1 Å². The Balaban J connectivity index is 2.09. The SMILES string of the molecule is CC(=O)c1c(C)[nH]c(C(=O)COC(=O)c2ccco2)c1C. The maximum Gasteiger partial charge on any atom is 0.374 e. The zero-order valence-corrected chi connectivity index (χ0v) is 12.0. The molecular formula is C15H15NO5. The first-order chi connectivity index (χ1) is 9.91. The van der Waals surface area contributed by atoms with E-state index in [1.165, 1.54) is 19.3 Å². The zero-order chi connectivity index (χ0) is 15.6. The second-order valence-electron chi connectivity index (χ2n) is 4.66. The normalized spacial score (nSPS) is 10.4. The minimum Gasteiger partial charge on any atom is -0.457 e. The second-order valence-corrected chi connectivity index (χ2v) is 4.66. The third-order valence-electron chi connectivity index (χ3n) is 3.13. The van der Waals surface area contributed by atoms with Gasteiger partial charge in [-0.1, -0.05) is 0 Å². The lowest BCUT2D eigenvalue weighted by molar-refractivity contribution is 0.0442. The van der Waals surface area contributed by atoms with Crippen LogP contribution in [0.25, 0.3) is 0 Å². The summed E-state index contributed by atoms with van der Waals surface area (Å²) in [6.07, 6.45) is 1.34. The lowest BCUT2D eigenvalue weighted by atomic mass is 10.1. The van der Waals surface area contributed by atoms with Crippen molar-refractivity contribution in [2.45, 2.75) is 20.8 Å². The molecule has 0 atom stereocenters. The predicted molar refractivity (Wildman–Crippen MR) is 73.6 cm³/mol. The number of rotatable bonds is 5. The topological polar surface area (TPSA) is 89.4 Å². The molecule has 2 heterocycles.